The number of fused-ring (bicyclic) bond motifs is 2. The summed E-state index contributed by atoms with van der Waals surface area (Å²) in [6.07, 6.45) is 8.47. The number of pyridine rings is 1. The number of phenolic OH excluding ortho intramolecular Hbond substituents is 1. The summed E-state index contributed by atoms with van der Waals surface area (Å²) in [5.41, 5.74) is 1.52. The van der Waals surface area contributed by atoms with Crippen LogP contribution in [0, 0.1) is 5.92 Å². The number of carbonyl (C=O) groups is 2. The van der Waals surface area contributed by atoms with E-state index in [2.05, 4.69) is 22.5 Å². The minimum atomic E-state index is -0.182. The first kappa shape index (κ1) is 20.8. The van der Waals surface area contributed by atoms with Gasteiger partial charge in [0.15, 0.2) is 0 Å². The van der Waals surface area contributed by atoms with Crippen LogP contribution in [-0.2, 0) is 16.0 Å². The van der Waals surface area contributed by atoms with Gasteiger partial charge in [0.05, 0.1) is 5.54 Å². The molecular formula is C25H29N3O4. The number of nitrogens with one attached hydrogen (secondary N) is 2. The first-order chi connectivity index (χ1) is 15.5. The van der Waals surface area contributed by atoms with Gasteiger partial charge in [0.1, 0.15) is 23.1 Å². The highest BCUT2D eigenvalue weighted by atomic mass is 16.5. The molecule has 3 aliphatic rings. The van der Waals surface area contributed by atoms with Crippen molar-refractivity contribution < 1.29 is 19.4 Å². The molecule has 2 heterocycles. The zero-order valence-electron chi connectivity index (χ0n) is 18.3. The molecular weight excluding hydrogens is 406 g/mol. The molecule has 1 aliphatic heterocycles. The molecule has 7 nitrogen and oxygen atoms in total. The molecule has 3 N–H and O–H groups in total. The van der Waals surface area contributed by atoms with Gasteiger partial charge in [0.25, 0.3) is 0 Å². The Labute approximate surface area is 187 Å². The third-order valence-electron chi connectivity index (χ3n) is 6.97. The highest BCUT2D eigenvalue weighted by Crippen LogP contribution is 2.77. The van der Waals surface area contributed by atoms with E-state index >= 15 is 0 Å². The van der Waals surface area contributed by atoms with Crippen molar-refractivity contribution in [3.05, 3.63) is 41.6 Å². The van der Waals surface area contributed by atoms with Gasteiger partial charge in [-0.2, -0.15) is 0 Å². The van der Waals surface area contributed by atoms with Crippen LogP contribution in [-0.4, -0.2) is 27.4 Å². The Bertz CT molecular complexity index is 1070. The first-order valence-electron chi connectivity index (χ1n) is 11.6. The van der Waals surface area contributed by atoms with E-state index in [0.29, 0.717) is 42.5 Å². The number of amides is 2. The number of hydrogen-bond acceptors (Lipinski definition) is 5. The second-order valence-corrected chi connectivity index (χ2v) is 9.19. The highest BCUT2D eigenvalue weighted by molar-refractivity contribution is 5.93. The van der Waals surface area contributed by atoms with Crippen molar-refractivity contribution in [2.45, 2.75) is 69.7 Å². The molecule has 2 amide bonds. The molecule has 2 aromatic rings. The summed E-state index contributed by atoms with van der Waals surface area (Å²) >= 11 is 0. The SMILES string of the molecule is CCCCCCC(=O)N[C@@]12C[C@H]1[C@H]2c1cc(Oc2ccnc3c2CCC(=O)N3)ccc1O. The van der Waals surface area contributed by atoms with E-state index in [1.54, 1.807) is 24.4 Å². The smallest absolute Gasteiger partial charge is 0.225 e. The van der Waals surface area contributed by atoms with Gasteiger partial charge in [-0.15, -0.1) is 0 Å². The average molecular weight is 436 g/mol. The number of ether oxygens (including phenoxy) is 1. The Balaban J connectivity index is 1.27. The zero-order chi connectivity index (χ0) is 22.3. The molecule has 0 unspecified atom stereocenters. The topological polar surface area (TPSA) is 101 Å². The van der Waals surface area contributed by atoms with Gasteiger partial charge in [-0.05, 0) is 49.4 Å². The van der Waals surface area contributed by atoms with Crippen LogP contribution in [0.3, 0.4) is 0 Å². The molecule has 3 atom stereocenters. The van der Waals surface area contributed by atoms with E-state index < -0.39 is 0 Å². The monoisotopic (exact) mass is 435 g/mol. The molecule has 2 aliphatic carbocycles. The third-order valence-corrected chi connectivity index (χ3v) is 6.97. The number of benzene rings is 1. The number of aromatic nitrogens is 1. The van der Waals surface area contributed by atoms with Crippen LogP contribution in [0.1, 0.15) is 68.9 Å². The lowest BCUT2D eigenvalue weighted by atomic mass is 9.99. The Morgan fingerprint density at radius 2 is 2.16 bits per heavy atom. The number of nitrogens with zero attached hydrogens (tertiary/aromatic N) is 1. The predicted octanol–water partition coefficient (Wildman–Crippen LogP) is 4.41. The van der Waals surface area contributed by atoms with Crippen molar-refractivity contribution >= 4 is 17.6 Å². The molecule has 5 rings (SSSR count). The predicted molar refractivity (Wildman–Crippen MR) is 120 cm³/mol. The lowest BCUT2D eigenvalue weighted by Crippen LogP contribution is -2.32. The Morgan fingerprint density at radius 3 is 2.97 bits per heavy atom. The molecule has 1 aromatic heterocycles. The number of hydrogen-bond donors (Lipinski definition) is 3. The van der Waals surface area contributed by atoms with E-state index in [4.69, 9.17) is 4.74 Å². The van der Waals surface area contributed by atoms with Crippen LogP contribution < -0.4 is 15.4 Å². The fourth-order valence-electron chi connectivity index (χ4n) is 4.98. The van der Waals surface area contributed by atoms with E-state index in [9.17, 15) is 14.7 Å². The second-order valence-electron chi connectivity index (χ2n) is 9.19. The van der Waals surface area contributed by atoms with Gasteiger partial charge in [-0.25, -0.2) is 4.98 Å². The summed E-state index contributed by atoms with van der Waals surface area (Å²) in [6.45, 7) is 2.16. The number of phenols is 1. The fraction of sp³-hybridized carbons (Fsp3) is 0.480. The Hall–Kier alpha value is -3.09. The highest BCUT2D eigenvalue weighted by Gasteiger charge is 2.80. The van der Waals surface area contributed by atoms with Crippen LogP contribution in [0.5, 0.6) is 17.2 Å². The molecule has 2 saturated carbocycles. The standard InChI is InChI=1S/C25H29N3O4/c1-2-3-4-5-6-22(31)28-25-14-18(25)23(25)17-13-15(7-9-19(17)29)32-20-11-12-26-24-16(20)8-10-21(30)27-24/h7,9,11-13,18,23,29H,2-6,8,10,14H2,1H3,(H,28,31)(H,26,27,30)/t18-,23+,25-/m0/s1. The summed E-state index contributed by atoms with van der Waals surface area (Å²) in [6, 6.07) is 7.05. The molecule has 32 heavy (non-hydrogen) atoms. The van der Waals surface area contributed by atoms with Crippen LogP contribution in [0.25, 0.3) is 0 Å². The quantitative estimate of drug-likeness (QED) is 0.507. The second kappa shape index (κ2) is 8.11. The van der Waals surface area contributed by atoms with Gasteiger partial charge in [0, 0.05) is 36.1 Å². The normalized spacial score (nSPS) is 24.7. The van der Waals surface area contributed by atoms with Gasteiger partial charge in [-0.1, -0.05) is 26.2 Å². The molecule has 1 aromatic carbocycles. The average Bonchev–Trinajstić information content (AvgIpc) is 3.63. The van der Waals surface area contributed by atoms with Crippen LogP contribution in [0.4, 0.5) is 5.82 Å². The summed E-state index contributed by atoms with van der Waals surface area (Å²) < 4.78 is 6.14. The number of anilines is 1. The van der Waals surface area contributed by atoms with Gasteiger partial charge < -0.3 is 20.5 Å². The molecule has 7 heteroatoms. The van der Waals surface area contributed by atoms with E-state index in [-0.39, 0.29) is 29.0 Å². The van der Waals surface area contributed by atoms with E-state index in [1.807, 2.05) is 6.07 Å². The van der Waals surface area contributed by atoms with Crippen molar-refractivity contribution in [1.29, 1.82) is 0 Å². The molecule has 0 radical (unpaired) electrons. The third kappa shape index (κ3) is 3.80. The van der Waals surface area contributed by atoms with Crippen molar-refractivity contribution in [2.75, 3.05) is 5.32 Å². The first-order valence-corrected chi connectivity index (χ1v) is 11.6. The zero-order valence-corrected chi connectivity index (χ0v) is 18.3. The molecule has 168 valence electrons. The molecule has 2 fully saturated rings. The molecule has 0 spiro atoms. The fourth-order valence-corrected chi connectivity index (χ4v) is 4.98. The maximum atomic E-state index is 12.4. The number of unbranched alkanes of at least 4 members (excludes halogenated alkanes) is 3. The minimum Gasteiger partial charge on any atom is -0.508 e. The maximum Gasteiger partial charge on any atom is 0.225 e. The summed E-state index contributed by atoms with van der Waals surface area (Å²) in [7, 11) is 0. The Morgan fingerprint density at radius 1 is 1.28 bits per heavy atom. The van der Waals surface area contributed by atoms with E-state index in [1.165, 1.54) is 0 Å². The van der Waals surface area contributed by atoms with Crippen molar-refractivity contribution in [2.24, 2.45) is 5.92 Å². The van der Waals surface area contributed by atoms with Gasteiger partial charge >= 0.3 is 0 Å². The van der Waals surface area contributed by atoms with Crippen molar-refractivity contribution in [1.82, 2.24) is 10.3 Å². The summed E-state index contributed by atoms with van der Waals surface area (Å²) in [5.74, 6) is 2.65. The Kier molecular flexibility index (Phi) is 5.27. The van der Waals surface area contributed by atoms with Crippen molar-refractivity contribution in [3.63, 3.8) is 0 Å². The minimum absolute atomic E-state index is 0.0419. The lowest BCUT2D eigenvalue weighted by molar-refractivity contribution is -0.121. The molecule has 0 bridgehead atoms. The van der Waals surface area contributed by atoms with E-state index in [0.717, 1.165) is 43.2 Å². The number of carbonyl (C=O) groups excluding carboxylic acids is 2. The maximum absolute atomic E-state index is 12.4. The summed E-state index contributed by atoms with van der Waals surface area (Å²) in [5, 5.41) is 16.5. The summed E-state index contributed by atoms with van der Waals surface area (Å²) in [4.78, 5) is 28.3. The lowest BCUT2D eigenvalue weighted by Gasteiger charge is -2.20. The van der Waals surface area contributed by atoms with Crippen LogP contribution in [0.15, 0.2) is 30.5 Å². The van der Waals surface area contributed by atoms with Gasteiger partial charge in [-0.3, -0.25) is 9.59 Å². The van der Waals surface area contributed by atoms with Crippen LogP contribution >= 0.6 is 0 Å². The van der Waals surface area contributed by atoms with Crippen molar-refractivity contribution in [3.8, 4) is 17.2 Å². The largest absolute Gasteiger partial charge is 0.508 e. The number of rotatable bonds is 9. The van der Waals surface area contributed by atoms with Crippen LogP contribution in [0.2, 0.25) is 0 Å². The number of aromatic hydroxyl groups is 1. The molecule has 0 saturated heterocycles. The van der Waals surface area contributed by atoms with Gasteiger partial charge in [0.2, 0.25) is 11.8 Å².